The molecule has 0 aliphatic carbocycles. The molecule has 0 aromatic heterocycles. The lowest BCUT2D eigenvalue weighted by molar-refractivity contribution is -0.125. The van der Waals surface area contributed by atoms with Crippen molar-refractivity contribution in [2.75, 3.05) is 6.54 Å². The van der Waals surface area contributed by atoms with Gasteiger partial charge in [0.05, 0.1) is 6.04 Å². The fourth-order valence-corrected chi connectivity index (χ4v) is 1.53. The molecule has 1 amide bonds. The molecular weight excluding hydrogens is 200 g/mol. The van der Waals surface area contributed by atoms with Crippen LogP contribution in [0.25, 0.3) is 0 Å². The fourth-order valence-electron chi connectivity index (χ4n) is 1.53. The number of nitrogens with one attached hydrogen (secondary N) is 1. The molecule has 1 aromatic rings. The second-order valence-electron chi connectivity index (χ2n) is 4.02. The van der Waals surface area contributed by atoms with Gasteiger partial charge in [-0.3, -0.25) is 4.79 Å². The van der Waals surface area contributed by atoms with Crippen molar-refractivity contribution in [2.45, 2.75) is 26.3 Å². The molecule has 1 rings (SSSR count). The first-order chi connectivity index (χ1) is 7.69. The second-order valence-corrected chi connectivity index (χ2v) is 4.02. The minimum Gasteiger partial charge on any atom is -0.349 e. The van der Waals surface area contributed by atoms with E-state index in [9.17, 15) is 4.79 Å². The molecule has 1 aromatic carbocycles. The van der Waals surface area contributed by atoms with Crippen molar-refractivity contribution >= 4 is 5.91 Å². The van der Waals surface area contributed by atoms with Crippen LogP contribution in [0.3, 0.4) is 0 Å². The first-order valence-corrected chi connectivity index (χ1v) is 5.74. The van der Waals surface area contributed by atoms with Crippen LogP contribution in [0.1, 0.15) is 31.9 Å². The third-order valence-electron chi connectivity index (χ3n) is 2.73. The minimum absolute atomic E-state index is 0.0261. The Kier molecular flexibility index (Phi) is 4.99. The zero-order chi connectivity index (χ0) is 12.0. The van der Waals surface area contributed by atoms with Gasteiger partial charge in [-0.05, 0) is 12.0 Å². The molecular formula is C13H20N2O. The summed E-state index contributed by atoms with van der Waals surface area (Å²) in [5, 5.41) is 3.01. The van der Waals surface area contributed by atoms with Gasteiger partial charge in [0.25, 0.3) is 0 Å². The average molecular weight is 220 g/mol. The Labute approximate surface area is 97.0 Å². The highest BCUT2D eigenvalue weighted by Crippen LogP contribution is 2.16. The first kappa shape index (κ1) is 12.7. The van der Waals surface area contributed by atoms with Crippen molar-refractivity contribution < 1.29 is 4.79 Å². The van der Waals surface area contributed by atoms with Crippen LogP contribution in [0.2, 0.25) is 0 Å². The molecule has 3 N–H and O–H groups in total. The Morgan fingerprint density at radius 3 is 2.50 bits per heavy atom. The summed E-state index contributed by atoms with van der Waals surface area (Å²) in [6.45, 7) is 4.29. The molecule has 0 aliphatic heterocycles. The Morgan fingerprint density at radius 1 is 1.38 bits per heavy atom. The number of carbonyl (C=O) groups is 1. The van der Waals surface area contributed by atoms with E-state index in [1.807, 2.05) is 37.3 Å². The Morgan fingerprint density at radius 2 is 2.00 bits per heavy atom. The largest absolute Gasteiger partial charge is 0.349 e. The normalized spacial score (nSPS) is 14.2. The number of hydrogen-bond acceptors (Lipinski definition) is 2. The van der Waals surface area contributed by atoms with Crippen LogP contribution in [0.15, 0.2) is 30.3 Å². The average Bonchev–Trinajstić information content (AvgIpc) is 2.35. The third-order valence-corrected chi connectivity index (χ3v) is 2.73. The van der Waals surface area contributed by atoms with Crippen molar-refractivity contribution in [1.82, 2.24) is 5.32 Å². The van der Waals surface area contributed by atoms with E-state index >= 15 is 0 Å². The van der Waals surface area contributed by atoms with Crippen molar-refractivity contribution in [3.05, 3.63) is 35.9 Å². The van der Waals surface area contributed by atoms with Crippen LogP contribution < -0.4 is 11.1 Å². The quantitative estimate of drug-likeness (QED) is 0.795. The fraction of sp³-hybridized carbons (Fsp3) is 0.462. The van der Waals surface area contributed by atoms with E-state index in [0.29, 0.717) is 6.54 Å². The number of benzene rings is 1. The standard InChI is InChI=1S/C13H20N2O/c1-3-12(11-7-5-4-6-8-11)15-13(16)10(2)9-14/h4-8,10,12H,3,9,14H2,1-2H3,(H,15,16)/t10-,12+/m0/s1. The minimum atomic E-state index is -0.127. The van der Waals surface area contributed by atoms with Crippen molar-refractivity contribution in [3.8, 4) is 0 Å². The van der Waals surface area contributed by atoms with Crippen LogP contribution in [0.5, 0.6) is 0 Å². The monoisotopic (exact) mass is 220 g/mol. The molecule has 0 heterocycles. The molecule has 2 atom stereocenters. The maximum atomic E-state index is 11.7. The smallest absolute Gasteiger partial charge is 0.224 e. The van der Waals surface area contributed by atoms with Gasteiger partial charge in [-0.1, -0.05) is 44.2 Å². The Balaban J connectivity index is 2.66. The van der Waals surface area contributed by atoms with Gasteiger partial charge in [0.2, 0.25) is 5.91 Å². The van der Waals surface area contributed by atoms with Crippen LogP contribution in [0.4, 0.5) is 0 Å². The van der Waals surface area contributed by atoms with Crippen molar-refractivity contribution in [1.29, 1.82) is 0 Å². The summed E-state index contributed by atoms with van der Waals surface area (Å²) in [6.07, 6.45) is 0.882. The lowest BCUT2D eigenvalue weighted by Crippen LogP contribution is -2.35. The summed E-state index contributed by atoms with van der Waals surface area (Å²) in [5.41, 5.74) is 6.61. The lowest BCUT2D eigenvalue weighted by atomic mass is 10.0. The van der Waals surface area contributed by atoms with E-state index in [1.165, 1.54) is 0 Å². The van der Waals surface area contributed by atoms with E-state index in [1.54, 1.807) is 0 Å². The third kappa shape index (κ3) is 3.35. The molecule has 0 saturated heterocycles. The van der Waals surface area contributed by atoms with Gasteiger partial charge in [-0.15, -0.1) is 0 Å². The van der Waals surface area contributed by atoms with Crippen LogP contribution in [0, 0.1) is 5.92 Å². The van der Waals surface area contributed by atoms with Gasteiger partial charge in [0.15, 0.2) is 0 Å². The lowest BCUT2D eigenvalue weighted by Gasteiger charge is -2.19. The van der Waals surface area contributed by atoms with Gasteiger partial charge in [-0.25, -0.2) is 0 Å². The summed E-state index contributed by atoms with van der Waals surface area (Å²) < 4.78 is 0. The maximum Gasteiger partial charge on any atom is 0.224 e. The molecule has 3 nitrogen and oxygen atoms in total. The molecule has 88 valence electrons. The molecule has 0 spiro atoms. The Bertz CT molecular complexity index is 324. The SMILES string of the molecule is CC[C@@H](NC(=O)[C@@H](C)CN)c1ccccc1. The molecule has 0 aliphatic rings. The molecule has 16 heavy (non-hydrogen) atoms. The number of amides is 1. The maximum absolute atomic E-state index is 11.7. The van der Waals surface area contributed by atoms with E-state index in [2.05, 4.69) is 12.2 Å². The summed E-state index contributed by atoms with van der Waals surface area (Å²) in [4.78, 5) is 11.7. The zero-order valence-electron chi connectivity index (χ0n) is 9.94. The second kappa shape index (κ2) is 6.28. The molecule has 0 fully saturated rings. The zero-order valence-corrected chi connectivity index (χ0v) is 9.94. The van der Waals surface area contributed by atoms with Crippen LogP contribution in [-0.4, -0.2) is 12.5 Å². The number of hydrogen-bond donors (Lipinski definition) is 2. The number of rotatable bonds is 5. The van der Waals surface area contributed by atoms with Gasteiger partial charge in [0, 0.05) is 12.5 Å². The Hall–Kier alpha value is -1.35. The summed E-state index contributed by atoms with van der Waals surface area (Å²) in [6, 6.07) is 10.1. The van der Waals surface area contributed by atoms with E-state index < -0.39 is 0 Å². The van der Waals surface area contributed by atoms with Crippen molar-refractivity contribution in [3.63, 3.8) is 0 Å². The highest BCUT2D eigenvalue weighted by Gasteiger charge is 2.16. The molecule has 0 saturated carbocycles. The molecule has 0 bridgehead atoms. The highest BCUT2D eigenvalue weighted by atomic mass is 16.1. The van der Waals surface area contributed by atoms with E-state index in [0.717, 1.165) is 12.0 Å². The van der Waals surface area contributed by atoms with Crippen LogP contribution >= 0.6 is 0 Å². The predicted molar refractivity (Wildman–Crippen MR) is 65.8 cm³/mol. The van der Waals surface area contributed by atoms with Crippen molar-refractivity contribution in [2.24, 2.45) is 11.7 Å². The molecule has 3 heteroatoms. The van der Waals surface area contributed by atoms with E-state index in [4.69, 9.17) is 5.73 Å². The summed E-state index contributed by atoms with van der Waals surface area (Å²) >= 11 is 0. The predicted octanol–water partition coefficient (Wildman–Crippen LogP) is 1.85. The number of carbonyl (C=O) groups excluding carboxylic acids is 1. The van der Waals surface area contributed by atoms with Crippen LogP contribution in [-0.2, 0) is 4.79 Å². The molecule has 0 unspecified atom stereocenters. The highest BCUT2D eigenvalue weighted by molar-refractivity contribution is 5.78. The van der Waals surface area contributed by atoms with Gasteiger partial charge in [0.1, 0.15) is 0 Å². The van der Waals surface area contributed by atoms with Gasteiger partial charge >= 0.3 is 0 Å². The summed E-state index contributed by atoms with van der Waals surface area (Å²) in [7, 11) is 0. The number of nitrogens with two attached hydrogens (primary N) is 1. The topological polar surface area (TPSA) is 55.1 Å². The summed E-state index contributed by atoms with van der Waals surface area (Å²) in [5.74, 6) is -0.101. The van der Waals surface area contributed by atoms with Gasteiger partial charge < -0.3 is 11.1 Å². The molecule has 0 radical (unpaired) electrons. The first-order valence-electron chi connectivity index (χ1n) is 5.74. The van der Waals surface area contributed by atoms with Gasteiger partial charge in [-0.2, -0.15) is 0 Å². The van der Waals surface area contributed by atoms with E-state index in [-0.39, 0.29) is 17.9 Å².